The Hall–Kier alpha value is -1.31. The highest BCUT2D eigenvalue weighted by molar-refractivity contribution is 5.75. The van der Waals surface area contributed by atoms with E-state index in [1.54, 1.807) is 0 Å². The van der Waals surface area contributed by atoms with E-state index in [0.717, 1.165) is 12.3 Å². The molecule has 0 aromatic heterocycles. The third kappa shape index (κ3) is 1.41. The molecule has 0 aliphatic carbocycles. The van der Waals surface area contributed by atoms with Crippen LogP contribution in [0.25, 0.3) is 0 Å². The van der Waals surface area contributed by atoms with E-state index in [9.17, 15) is 0 Å². The highest BCUT2D eigenvalue weighted by atomic mass is 16.5. The van der Waals surface area contributed by atoms with E-state index in [4.69, 9.17) is 4.74 Å². The molecule has 0 saturated carbocycles. The molecule has 0 bridgehead atoms. The van der Waals surface area contributed by atoms with Crippen LogP contribution in [-0.2, 0) is 10.3 Å². The molecule has 1 unspecified atom stereocenters. The van der Waals surface area contributed by atoms with E-state index in [1.807, 2.05) is 13.0 Å². The second-order valence-electron chi connectivity index (χ2n) is 3.67. The smallest absolute Gasteiger partial charge is 0.181 e. The topological polar surface area (TPSA) is 21.6 Å². The predicted molar refractivity (Wildman–Crippen MR) is 57.5 cm³/mol. The van der Waals surface area contributed by atoms with Crippen molar-refractivity contribution in [1.29, 1.82) is 0 Å². The molecule has 2 nitrogen and oxygen atoms in total. The first kappa shape index (κ1) is 9.25. The van der Waals surface area contributed by atoms with Crippen molar-refractivity contribution in [1.82, 2.24) is 0 Å². The van der Waals surface area contributed by atoms with Crippen LogP contribution in [-0.4, -0.2) is 12.5 Å². The fourth-order valence-electron chi connectivity index (χ4n) is 1.87. The summed E-state index contributed by atoms with van der Waals surface area (Å²) in [6.45, 7) is 4.75. The van der Waals surface area contributed by atoms with Crippen LogP contribution in [0.1, 0.15) is 25.8 Å². The SMILES string of the molecule is CCC1(c2ccccc2)COC(C)=N1. The van der Waals surface area contributed by atoms with Crippen molar-refractivity contribution in [3.8, 4) is 0 Å². The molecule has 14 heavy (non-hydrogen) atoms. The summed E-state index contributed by atoms with van der Waals surface area (Å²) in [4.78, 5) is 4.60. The number of hydrogen-bond acceptors (Lipinski definition) is 2. The fourth-order valence-corrected chi connectivity index (χ4v) is 1.87. The summed E-state index contributed by atoms with van der Waals surface area (Å²) in [7, 11) is 0. The van der Waals surface area contributed by atoms with E-state index >= 15 is 0 Å². The lowest BCUT2D eigenvalue weighted by molar-refractivity contribution is 0.250. The summed E-state index contributed by atoms with van der Waals surface area (Å²) in [5, 5.41) is 0. The van der Waals surface area contributed by atoms with Gasteiger partial charge in [-0.1, -0.05) is 37.3 Å². The van der Waals surface area contributed by atoms with Gasteiger partial charge in [0.25, 0.3) is 0 Å². The van der Waals surface area contributed by atoms with E-state index < -0.39 is 0 Å². The maximum atomic E-state index is 5.46. The molecule has 1 aliphatic heterocycles. The van der Waals surface area contributed by atoms with Crippen LogP contribution in [0.4, 0.5) is 0 Å². The molecule has 0 saturated heterocycles. The summed E-state index contributed by atoms with van der Waals surface area (Å²) < 4.78 is 5.46. The highest BCUT2D eigenvalue weighted by Gasteiger charge is 2.35. The number of aliphatic imine (C=N–C) groups is 1. The van der Waals surface area contributed by atoms with Crippen LogP contribution < -0.4 is 0 Å². The molecular formula is C12H15NO. The average Bonchev–Trinajstić information content (AvgIpc) is 2.63. The number of hydrogen-bond donors (Lipinski definition) is 0. The summed E-state index contributed by atoms with van der Waals surface area (Å²) in [6, 6.07) is 10.4. The third-order valence-corrected chi connectivity index (χ3v) is 2.79. The minimum absolute atomic E-state index is 0.134. The molecule has 0 radical (unpaired) electrons. The molecule has 0 spiro atoms. The zero-order valence-corrected chi connectivity index (χ0v) is 8.66. The average molecular weight is 189 g/mol. The zero-order chi connectivity index (χ0) is 10.0. The normalized spacial score (nSPS) is 25.7. The lowest BCUT2D eigenvalue weighted by Crippen LogP contribution is -2.24. The third-order valence-electron chi connectivity index (χ3n) is 2.79. The largest absolute Gasteiger partial charge is 0.478 e. The highest BCUT2D eigenvalue weighted by Crippen LogP contribution is 2.33. The Labute approximate surface area is 84.6 Å². The van der Waals surface area contributed by atoms with Gasteiger partial charge in [-0.3, -0.25) is 0 Å². The molecule has 1 aromatic rings. The lowest BCUT2D eigenvalue weighted by Gasteiger charge is -2.22. The Morgan fingerprint density at radius 3 is 2.57 bits per heavy atom. The van der Waals surface area contributed by atoms with Gasteiger partial charge < -0.3 is 4.74 Å². The van der Waals surface area contributed by atoms with Gasteiger partial charge in [-0.05, 0) is 12.0 Å². The van der Waals surface area contributed by atoms with Gasteiger partial charge in [-0.25, -0.2) is 4.99 Å². The Bertz CT molecular complexity index is 345. The number of nitrogens with zero attached hydrogens (tertiary/aromatic N) is 1. The minimum Gasteiger partial charge on any atom is -0.478 e. The van der Waals surface area contributed by atoms with E-state index in [0.29, 0.717) is 6.61 Å². The summed E-state index contributed by atoms with van der Waals surface area (Å²) >= 11 is 0. The standard InChI is InChI=1S/C12H15NO/c1-3-12(9-14-10(2)13-12)11-7-5-4-6-8-11/h4-8H,3,9H2,1-2H3. The van der Waals surface area contributed by atoms with Crippen molar-refractivity contribution >= 4 is 5.90 Å². The van der Waals surface area contributed by atoms with Crippen molar-refractivity contribution in [3.05, 3.63) is 35.9 Å². The van der Waals surface area contributed by atoms with Crippen molar-refractivity contribution in [2.24, 2.45) is 4.99 Å². The van der Waals surface area contributed by atoms with E-state index in [1.165, 1.54) is 5.56 Å². The van der Waals surface area contributed by atoms with Crippen LogP contribution in [0.15, 0.2) is 35.3 Å². The quantitative estimate of drug-likeness (QED) is 0.701. The van der Waals surface area contributed by atoms with Gasteiger partial charge in [0, 0.05) is 6.92 Å². The van der Waals surface area contributed by atoms with Crippen LogP contribution in [0, 0.1) is 0 Å². The van der Waals surface area contributed by atoms with Gasteiger partial charge in [-0.15, -0.1) is 0 Å². The molecule has 1 atom stereocenters. The molecule has 2 heteroatoms. The Morgan fingerprint density at radius 2 is 2.07 bits per heavy atom. The monoisotopic (exact) mass is 189 g/mol. The molecule has 74 valence electrons. The Morgan fingerprint density at radius 1 is 1.36 bits per heavy atom. The van der Waals surface area contributed by atoms with Gasteiger partial charge in [-0.2, -0.15) is 0 Å². The molecule has 0 fully saturated rings. The fraction of sp³-hybridized carbons (Fsp3) is 0.417. The summed E-state index contributed by atoms with van der Waals surface area (Å²) in [5.41, 5.74) is 1.12. The summed E-state index contributed by atoms with van der Waals surface area (Å²) in [5.74, 6) is 0.802. The Balaban J connectivity index is 2.40. The van der Waals surface area contributed by atoms with Gasteiger partial charge in [0.05, 0.1) is 0 Å². The van der Waals surface area contributed by atoms with E-state index in [2.05, 4.69) is 36.2 Å². The van der Waals surface area contributed by atoms with E-state index in [-0.39, 0.29) is 5.54 Å². The first-order valence-corrected chi connectivity index (χ1v) is 5.01. The Kier molecular flexibility index (Phi) is 2.28. The molecule has 0 amide bonds. The van der Waals surface area contributed by atoms with Crippen LogP contribution >= 0.6 is 0 Å². The maximum Gasteiger partial charge on any atom is 0.181 e. The molecular weight excluding hydrogens is 174 g/mol. The number of benzene rings is 1. The minimum atomic E-state index is -0.134. The van der Waals surface area contributed by atoms with Gasteiger partial charge in [0.1, 0.15) is 12.1 Å². The van der Waals surface area contributed by atoms with Gasteiger partial charge in [0.15, 0.2) is 5.90 Å². The van der Waals surface area contributed by atoms with Crippen molar-refractivity contribution in [2.45, 2.75) is 25.8 Å². The van der Waals surface area contributed by atoms with Crippen LogP contribution in [0.3, 0.4) is 0 Å². The predicted octanol–water partition coefficient (Wildman–Crippen LogP) is 2.74. The van der Waals surface area contributed by atoms with Crippen LogP contribution in [0.2, 0.25) is 0 Å². The second kappa shape index (κ2) is 3.45. The van der Waals surface area contributed by atoms with Crippen molar-refractivity contribution in [2.75, 3.05) is 6.61 Å². The first-order chi connectivity index (χ1) is 6.77. The molecule has 1 heterocycles. The first-order valence-electron chi connectivity index (χ1n) is 5.01. The van der Waals surface area contributed by atoms with Crippen LogP contribution in [0.5, 0.6) is 0 Å². The summed E-state index contributed by atoms with van der Waals surface area (Å²) in [6.07, 6.45) is 0.981. The second-order valence-corrected chi connectivity index (χ2v) is 3.67. The molecule has 0 N–H and O–H groups in total. The van der Waals surface area contributed by atoms with Gasteiger partial charge >= 0.3 is 0 Å². The zero-order valence-electron chi connectivity index (χ0n) is 8.66. The van der Waals surface area contributed by atoms with Gasteiger partial charge in [0.2, 0.25) is 0 Å². The molecule has 1 aromatic carbocycles. The molecule has 2 rings (SSSR count). The maximum absolute atomic E-state index is 5.46. The lowest BCUT2D eigenvalue weighted by atomic mass is 9.89. The molecule has 1 aliphatic rings. The number of ether oxygens (including phenoxy) is 1. The van der Waals surface area contributed by atoms with Crippen molar-refractivity contribution in [3.63, 3.8) is 0 Å². The number of rotatable bonds is 2. The van der Waals surface area contributed by atoms with Crippen molar-refractivity contribution < 1.29 is 4.74 Å².